The summed E-state index contributed by atoms with van der Waals surface area (Å²) in [6.45, 7) is 7.85. The van der Waals surface area contributed by atoms with Crippen molar-refractivity contribution in [3.8, 4) is 28.3 Å². The highest BCUT2D eigenvalue weighted by Crippen LogP contribution is 2.45. The maximum atomic E-state index is 14.7. The third kappa shape index (κ3) is 6.85. The molecule has 1 aromatic heterocycles. The number of anilines is 1. The Morgan fingerprint density at radius 1 is 1.02 bits per heavy atom. The summed E-state index contributed by atoms with van der Waals surface area (Å²) in [4.78, 5) is 38.3. The Morgan fingerprint density at radius 3 is 2.25 bits per heavy atom. The fourth-order valence-electron chi connectivity index (χ4n) is 4.16. The Labute approximate surface area is 234 Å². The molecule has 0 saturated carbocycles. The second kappa shape index (κ2) is 11.8. The van der Waals surface area contributed by atoms with Gasteiger partial charge in [0.2, 0.25) is 5.91 Å². The number of rotatable bonds is 8. The summed E-state index contributed by atoms with van der Waals surface area (Å²) in [6, 6.07) is 7.90. The fraction of sp³-hybridized carbons (Fsp3) is 0.345. The molecule has 0 aliphatic heterocycles. The van der Waals surface area contributed by atoms with E-state index in [1.165, 1.54) is 38.3 Å². The predicted molar refractivity (Wildman–Crippen MR) is 148 cm³/mol. The van der Waals surface area contributed by atoms with Crippen LogP contribution in [0.15, 0.2) is 47.4 Å². The van der Waals surface area contributed by atoms with Crippen molar-refractivity contribution in [1.82, 2.24) is 4.57 Å². The van der Waals surface area contributed by atoms with Gasteiger partial charge in [-0.05, 0) is 70.0 Å². The second-order valence-corrected chi connectivity index (χ2v) is 10.5. The lowest BCUT2D eigenvalue weighted by molar-refractivity contribution is -0.139. The van der Waals surface area contributed by atoms with Crippen molar-refractivity contribution in [2.24, 2.45) is 0 Å². The molecule has 1 amide bonds. The number of aromatic nitrogens is 1. The number of Topliss-reactive ketones (excluding diaryl/α,β-unsaturated/α-hetero) is 1. The van der Waals surface area contributed by atoms with Crippen LogP contribution < -0.4 is 20.3 Å². The van der Waals surface area contributed by atoms with Gasteiger partial charge in [0.15, 0.2) is 5.78 Å². The lowest BCUT2D eigenvalue weighted by Gasteiger charge is -2.27. The van der Waals surface area contributed by atoms with E-state index in [0.717, 1.165) is 22.9 Å². The molecule has 0 unspecified atom stereocenters. The van der Waals surface area contributed by atoms with Gasteiger partial charge in [-0.2, -0.15) is 13.2 Å². The van der Waals surface area contributed by atoms with Crippen molar-refractivity contribution in [3.63, 3.8) is 0 Å². The number of ketones is 1. The zero-order valence-electron chi connectivity index (χ0n) is 23.0. The number of benzene rings is 2. The van der Waals surface area contributed by atoms with Gasteiger partial charge in [0.25, 0.3) is 5.56 Å². The fourth-order valence-corrected chi connectivity index (χ4v) is 4.33. The predicted octanol–water partition coefficient (Wildman–Crippen LogP) is 7.30. The third-order valence-corrected chi connectivity index (χ3v) is 5.95. The van der Waals surface area contributed by atoms with Crippen molar-refractivity contribution in [1.29, 1.82) is 0 Å². The van der Waals surface area contributed by atoms with E-state index in [-0.39, 0.29) is 45.4 Å². The van der Waals surface area contributed by atoms with E-state index in [0.29, 0.717) is 6.42 Å². The van der Waals surface area contributed by atoms with E-state index < -0.39 is 40.2 Å². The molecule has 40 heavy (non-hydrogen) atoms. The SMILES string of the molecule is CCCC(=O)Nc1ccc(OC(C)(C)C)c(C(F)(F)F)c1-n1cc(OC)c(-c2cc(Cl)ccc2C(C)=O)cc1=O. The highest BCUT2D eigenvalue weighted by atomic mass is 35.5. The van der Waals surface area contributed by atoms with E-state index in [1.54, 1.807) is 27.7 Å². The van der Waals surface area contributed by atoms with Gasteiger partial charge < -0.3 is 14.8 Å². The minimum Gasteiger partial charge on any atom is -0.495 e. The number of halogens is 4. The number of ether oxygens (including phenoxy) is 2. The Balaban J connectivity index is 2.43. The minimum absolute atomic E-state index is 0.00883. The highest BCUT2D eigenvalue weighted by Gasteiger charge is 2.41. The van der Waals surface area contributed by atoms with Crippen LogP contribution in [0.4, 0.5) is 18.9 Å². The maximum absolute atomic E-state index is 14.7. The topological polar surface area (TPSA) is 86.6 Å². The Bertz CT molecular complexity index is 1510. The summed E-state index contributed by atoms with van der Waals surface area (Å²) in [5.74, 6) is -1.37. The molecule has 3 rings (SSSR count). The molecule has 0 bridgehead atoms. The molecule has 11 heteroatoms. The maximum Gasteiger partial charge on any atom is 0.422 e. The smallest absolute Gasteiger partial charge is 0.422 e. The molecular weight excluding hydrogens is 549 g/mol. The van der Waals surface area contributed by atoms with E-state index in [9.17, 15) is 27.6 Å². The second-order valence-electron chi connectivity index (χ2n) is 10.1. The van der Waals surface area contributed by atoms with Crippen LogP contribution >= 0.6 is 11.6 Å². The lowest BCUT2D eigenvalue weighted by Crippen LogP contribution is -2.28. The molecule has 3 aromatic rings. The van der Waals surface area contributed by atoms with Gasteiger partial charge in [0.05, 0.1) is 24.7 Å². The molecule has 1 N–H and O–H groups in total. The Hall–Kier alpha value is -3.79. The summed E-state index contributed by atoms with van der Waals surface area (Å²) in [5.41, 5.74) is -3.34. The third-order valence-electron chi connectivity index (χ3n) is 5.72. The molecule has 0 atom stereocenters. The molecule has 0 aliphatic carbocycles. The van der Waals surface area contributed by atoms with Crippen LogP contribution in [0, 0.1) is 0 Å². The number of carbonyl (C=O) groups excluding carboxylic acids is 2. The number of alkyl halides is 3. The highest BCUT2D eigenvalue weighted by molar-refractivity contribution is 6.31. The summed E-state index contributed by atoms with van der Waals surface area (Å²) in [6.07, 6.45) is -3.38. The first-order valence-corrected chi connectivity index (χ1v) is 12.8. The number of hydrogen-bond acceptors (Lipinski definition) is 5. The number of pyridine rings is 1. The summed E-state index contributed by atoms with van der Waals surface area (Å²) >= 11 is 6.16. The van der Waals surface area contributed by atoms with Gasteiger partial charge in [0.1, 0.15) is 22.7 Å². The van der Waals surface area contributed by atoms with Gasteiger partial charge in [-0.3, -0.25) is 19.0 Å². The quantitative estimate of drug-likeness (QED) is 0.283. The first kappa shape index (κ1) is 30.7. The van der Waals surface area contributed by atoms with E-state index in [1.807, 2.05) is 0 Å². The zero-order chi connectivity index (χ0) is 30.0. The van der Waals surface area contributed by atoms with Crippen LogP contribution in [-0.4, -0.2) is 29.0 Å². The first-order chi connectivity index (χ1) is 18.6. The van der Waals surface area contributed by atoms with Crippen molar-refractivity contribution < 1.29 is 32.2 Å². The van der Waals surface area contributed by atoms with Gasteiger partial charge in [0, 0.05) is 28.6 Å². The number of nitrogens with one attached hydrogen (secondary N) is 1. The number of methoxy groups -OCH3 is 1. The van der Waals surface area contributed by atoms with Crippen LogP contribution in [0.25, 0.3) is 16.8 Å². The lowest BCUT2D eigenvalue weighted by atomic mass is 9.97. The van der Waals surface area contributed by atoms with Gasteiger partial charge >= 0.3 is 6.18 Å². The first-order valence-electron chi connectivity index (χ1n) is 12.4. The Kier molecular flexibility index (Phi) is 9.04. The van der Waals surface area contributed by atoms with Crippen LogP contribution in [0.1, 0.15) is 63.4 Å². The number of hydrogen-bond donors (Lipinski definition) is 1. The summed E-state index contributed by atoms with van der Waals surface area (Å²) in [7, 11) is 1.28. The molecule has 2 aromatic carbocycles. The van der Waals surface area contributed by atoms with Crippen LogP contribution in [-0.2, 0) is 11.0 Å². The molecule has 214 valence electrons. The number of nitrogens with zero attached hydrogens (tertiary/aromatic N) is 1. The molecule has 0 radical (unpaired) electrons. The van der Waals surface area contributed by atoms with Crippen LogP contribution in [0.5, 0.6) is 11.5 Å². The standard InChI is InChI=1S/C29H30ClF3N2O5/c1-7-8-24(37)34-21-11-12-22(40-28(3,4)5)26(29(31,32)33)27(21)35-15-23(39-6)20(14-25(35)38)19-13-17(30)9-10-18(19)16(2)36/h9-15H,7-8H2,1-6H3,(H,34,37). The van der Waals surface area contributed by atoms with Gasteiger partial charge in [-0.15, -0.1) is 0 Å². The molecule has 7 nitrogen and oxygen atoms in total. The zero-order valence-corrected chi connectivity index (χ0v) is 23.7. The monoisotopic (exact) mass is 578 g/mol. The van der Waals surface area contributed by atoms with Crippen molar-refractivity contribution in [2.75, 3.05) is 12.4 Å². The van der Waals surface area contributed by atoms with Crippen LogP contribution in [0.3, 0.4) is 0 Å². The van der Waals surface area contributed by atoms with E-state index >= 15 is 0 Å². The molecule has 0 saturated heterocycles. The van der Waals surface area contributed by atoms with E-state index in [4.69, 9.17) is 21.1 Å². The summed E-state index contributed by atoms with van der Waals surface area (Å²) in [5, 5.41) is 2.77. The molecule has 1 heterocycles. The minimum atomic E-state index is -4.98. The average Bonchev–Trinajstić information content (AvgIpc) is 2.83. The molecule has 0 spiro atoms. The van der Waals surface area contributed by atoms with Crippen molar-refractivity contribution >= 4 is 29.0 Å². The van der Waals surface area contributed by atoms with Crippen molar-refractivity contribution in [2.45, 2.75) is 59.2 Å². The average molecular weight is 579 g/mol. The molecule has 0 aliphatic rings. The van der Waals surface area contributed by atoms with Gasteiger partial charge in [-0.1, -0.05) is 18.5 Å². The number of carbonyl (C=O) groups is 2. The summed E-state index contributed by atoms with van der Waals surface area (Å²) < 4.78 is 55.9. The molecular formula is C29H30ClF3N2O5. The Morgan fingerprint density at radius 2 is 1.70 bits per heavy atom. The largest absolute Gasteiger partial charge is 0.495 e. The molecule has 0 fully saturated rings. The van der Waals surface area contributed by atoms with E-state index in [2.05, 4.69) is 5.32 Å². The number of amides is 1. The normalized spacial score (nSPS) is 11.8. The van der Waals surface area contributed by atoms with Gasteiger partial charge in [-0.25, -0.2) is 0 Å². The van der Waals surface area contributed by atoms with Crippen molar-refractivity contribution in [3.05, 3.63) is 69.1 Å². The van der Waals surface area contributed by atoms with Crippen LogP contribution in [0.2, 0.25) is 5.02 Å².